The van der Waals surface area contributed by atoms with Crippen molar-refractivity contribution in [3.63, 3.8) is 0 Å². The van der Waals surface area contributed by atoms with Gasteiger partial charge in [0.1, 0.15) is 0 Å². The van der Waals surface area contributed by atoms with Crippen molar-refractivity contribution < 1.29 is 4.79 Å². The molecule has 0 bridgehead atoms. The molecular weight excluding hydrogens is 266 g/mol. The number of rotatable bonds is 5. The molecule has 19 heavy (non-hydrogen) atoms. The molecule has 0 aliphatic carbocycles. The van der Waals surface area contributed by atoms with Gasteiger partial charge in [0.2, 0.25) is 5.95 Å². The van der Waals surface area contributed by atoms with Crippen molar-refractivity contribution in [3.8, 4) is 0 Å². The van der Waals surface area contributed by atoms with E-state index >= 15 is 0 Å². The van der Waals surface area contributed by atoms with Gasteiger partial charge in [-0.15, -0.1) is 0 Å². The third-order valence-corrected chi connectivity index (χ3v) is 2.83. The van der Waals surface area contributed by atoms with Gasteiger partial charge in [0, 0.05) is 17.8 Å². The zero-order valence-corrected chi connectivity index (χ0v) is 10.8. The molecule has 5 nitrogen and oxygen atoms in total. The van der Waals surface area contributed by atoms with E-state index in [1.807, 2.05) is 24.3 Å². The Bertz CT molecular complexity index is 623. The van der Waals surface area contributed by atoms with E-state index < -0.39 is 5.56 Å². The third-order valence-electron chi connectivity index (χ3n) is 2.57. The summed E-state index contributed by atoms with van der Waals surface area (Å²) in [5.41, 5.74) is 0.700. The summed E-state index contributed by atoms with van der Waals surface area (Å²) in [4.78, 5) is 28.3. The lowest BCUT2D eigenvalue weighted by Gasteiger charge is -2.05. The number of aromatic nitrogens is 2. The summed E-state index contributed by atoms with van der Waals surface area (Å²) in [5, 5.41) is 3.69. The predicted molar refractivity (Wildman–Crippen MR) is 73.9 cm³/mol. The lowest BCUT2D eigenvalue weighted by molar-refractivity contribution is 0.112. The highest BCUT2D eigenvalue weighted by Gasteiger charge is 2.00. The summed E-state index contributed by atoms with van der Waals surface area (Å²) in [7, 11) is 0. The molecule has 2 rings (SSSR count). The van der Waals surface area contributed by atoms with Crippen molar-refractivity contribution in [2.75, 3.05) is 11.9 Å². The highest BCUT2D eigenvalue weighted by atomic mass is 35.5. The molecule has 6 heteroatoms. The molecular formula is C13H12ClN3O2. The molecule has 0 aliphatic rings. The topological polar surface area (TPSA) is 74.8 Å². The van der Waals surface area contributed by atoms with Gasteiger partial charge in [-0.1, -0.05) is 23.7 Å². The van der Waals surface area contributed by atoms with E-state index in [-0.39, 0.29) is 5.56 Å². The highest BCUT2D eigenvalue weighted by molar-refractivity contribution is 6.30. The number of hydrogen-bond acceptors (Lipinski definition) is 4. The number of halogens is 1. The van der Waals surface area contributed by atoms with Gasteiger partial charge in [-0.2, -0.15) is 0 Å². The van der Waals surface area contributed by atoms with E-state index in [0.717, 1.165) is 12.0 Å². The van der Waals surface area contributed by atoms with Crippen LogP contribution < -0.4 is 10.9 Å². The van der Waals surface area contributed by atoms with Crippen LogP contribution in [-0.4, -0.2) is 22.8 Å². The van der Waals surface area contributed by atoms with Crippen LogP contribution >= 0.6 is 11.6 Å². The number of carbonyl (C=O) groups is 1. The second kappa shape index (κ2) is 6.15. The quantitative estimate of drug-likeness (QED) is 0.819. The Morgan fingerprint density at radius 3 is 2.68 bits per heavy atom. The van der Waals surface area contributed by atoms with Gasteiger partial charge < -0.3 is 5.32 Å². The van der Waals surface area contributed by atoms with Gasteiger partial charge in [-0.3, -0.25) is 14.6 Å². The molecule has 0 saturated heterocycles. The normalized spacial score (nSPS) is 10.2. The average molecular weight is 278 g/mol. The number of benzene rings is 1. The van der Waals surface area contributed by atoms with E-state index in [1.54, 1.807) is 0 Å². The summed E-state index contributed by atoms with van der Waals surface area (Å²) in [6.45, 7) is 0.616. The van der Waals surface area contributed by atoms with Gasteiger partial charge >= 0.3 is 0 Å². The largest absolute Gasteiger partial charge is 0.355 e. The first-order valence-electron chi connectivity index (χ1n) is 5.72. The van der Waals surface area contributed by atoms with Crippen molar-refractivity contribution in [2.24, 2.45) is 0 Å². The molecule has 98 valence electrons. The van der Waals surface area contributed by atoms with Crippen molar-refractivity contribution in [3.05, 3.63) is 57.0 Å². The maximum absolute atomic E-state index is 11.4. The molecule has 1 heterocycles. The van der Waals surface area contributed by atoms with E-state index in [4.69, 9.17) is 11.6 Å². The minimum absolute atomic E-state index is 0.0169. The lowest BCUT2D eigenvalue weighted by Crippen LogP contribution is -2.17. The second-order valence-electron chi connectivity index (χ2n) is 3.94. The number of aromatic amines is 1. The first kappa shape index (κ1) is 13.3. The molecule has 0 radical (unpaired) electrons. The molecule has 0 unspecified atom stereocenters. The Labute approximate surface area is 114 Å². The fourth-order valence-corrected chi connectivity index (χ4v) is 1.68. The Morgan fingerprint density at radius 1 is 1.32 bits per heavy atom. The third kappa shape index (κ3) is 3.66. The van der Waals surface area contributed by atoms with Gasteiger partial charge in [0.15, 0.2) is 6.29 Å². The zero-order chi connectivity index (χ0) is 13.7. The molecule has 1 aromatic carbocycles. The smallest absolute Gasteiger partial charge is 0.262 e. The molecule has 1 aromatic heterocycles. The number of nitrogens with zero attached hydrogens (tertiary/aromatic N) is 1. The zero-order valence-electron chi connectivity index (χ0n) is 10.0. The van der Waals surface area contributed by atoms with Crippen LogP contribution in [0.25, 0.3) is 0 Å². The Balaban J connectivity index is 1.92. The van der Waals surface area contributed by atoms with E-state index in [1.165, 1.54) is 6.20 Å². The number of hydrogen-bond donors (Lipinski definition) is 2. The van der Waals surface area contributed by atoms with Gasteiger partial charge in [0.05, 0.1) is 5.56 Å². The van der Waals surface area contributed by atoms with Gasteiger partial charge in [-0.25, -0.2) is 4.98 Å². The summed E-state index contributed by atoms with van der Waals surface area (Å²) in [6, 6.07) is 7.54. The fraction of sp³-hybridized carbons (Fsp3) is 0.154. The number of H-pyrrole nitrogens is 1. The number of nitrogens with one attached hydrogen (secondary N) is 2. The van der Waals surface area contributed by atoms with Crippen LogP contribution in [0, 0.1) is 0 Å². The summed E-state index contributed by atoms with van der Waals surface area (Å²) in [5.74, 6) is 0.351. The van der Waals surface area contributed by atoms with E-state index in [9.17, 15) is 9.59 Å². The van der Waals surface area contributed by atoms with E-state index in [2.05, 4.69) is 15.3 Å². The SMILES string of the molecule is O=Cc1cnc(NCCc2ccc(Cl)cc2)[nH]c1=O. The lowest BCUT2D eigenvalue weighted by atomic mass is 10.1. The van der Waals surface area contributed by atoms with Crippen LogP contribution in [0.3, 0.4) is 0 Å². The van der Waals surface area contributed by atoms with Crippen LogP contribution in [0.1, 0.15) is 15.9 Å². The minimum atomic E-state index is -0.445. The highest BCUT2D eigenvalue weighted by Crippen LogP contribution is 2.09. The fourth-order valence-electron chi connectivity index (χ4n) is 1.55. The van der Waals surface area contributed by atoms with Gasteiger partial charge in [0.25, 0.3) is 5.56 Å². The molecule has 0 fully saturated rings. The summed E-state index contributed by atoms with van der Waals surface area (Å²) >= 11 is 5.79. The minimum Gasteiger partial charge on any atom is -0.355 e. The van der Waals surface area contributed by atoms with Crippen LogP contribution in [0.2, 0.25) is 5.02 Å². The first-order chi connectivity index (χ1) is 9.19. The molecule has 0 amide bonds. The molecule has 0 aliphatic heterocycles. The first-order valence-corrected chi connectivity index (χ1v) is 6.09. The van der Waals surface area contributed by atoms with Crippen molar-refractivity contribution >= 4 is 23.8 Å². The van der Waals surface area contributed by atoms with Gasteiger partial charge in [-0.05, 0) is 24.1 Å². The van der Waals surface area contributed by atoms with Crippen molar-refractivity contribution in [2.45, 2.75) is 6.42 Å². The molecule has 0 atom stereocenters. The van der Waals surface area contributed by atoms with Crippen LogP contribution in [0.15, 0.2) is 35.3 Å². The average Bonchev–Trinajstić information content (AvgIpc) is 2.41. The molecule has 2 aromatic rings. The van der Waals surface area contributed by atoms with Crippen LogP contribution in [0.5, 0.6) is 0 Å². The van der Waals surface area contributed by atoms with Crippen LogP contribution in [-0.2, 0) is 6.42 Å². The van der Waals surface area contributed by atoms with Crippen molar-refractivity contribution in [1.29, 1.82) is 0 Å². The monoisotopic (exact) mass is 277 g/mol. The standard InChI is InChI=1S/C13H12ClN3O2/c14-11-3-1-9(2-4-11)5-6-15-13-16-7-10(8-18)12(19)17-13/h1-4,7-8H,5-6H2,(H2,15,16,17,19). The Kier molecular flexibility index (Phi) is 4.30. The molecule has 0 spiro atoms. The maximum Gasteiger partial charge on any atom is 0.262 e. The second-order valence-corrected chi connectivity index (χ2v) is 4.37. The summed E-state index contributed by atoms with van der Waals surface area (Å²) in [6.07, 6.45) is 2.50. The maximum atomic E-state index is 11.4. The predicted octanol–water partition coefficient (Wildman–Crippen LogP) is 1.89. The number of anilines is 1. The van der Waals surface area contributed by atoms with Crippen LogP contribution in [0.4, 0.5) is 5.95 Å². The Morgan fingerprint density at radius 2 is 2.05 bits per heavy atom. The summed E-state index contributed by atoms with van der Waals surface area (Å²) < 4.78 is 0. The number of aldehydes is 1. The molecule has 2 N–H and O–H groups in total. The Hall–Kier alpha value is -2.14. The number of carbonyl (C=O) groups excluding carboxylic acids is 1. The van der Waals surface area contributed by atoms with Crippen molar-refractivity contribution in [1.82, 2.24) is 9.97 Å². The molecule has 0 saturated carbocycles. The van der Waals surface area contributed by atoms with E-state index in [0.29, 0.717) is 23.8 Å².